The van der Waals surface area contributed by atoms with Crippen LogP contribution in [-0.4, -0.2) is 54.3 Å². The molecule has 9 nitrogen and oxygen atoms in total. The van der Waals surface area contributed by atoms with E-state index in [1.54, 1.807) is 27.7 Å². The van der Waals surface area contributed by atoms with Crippen molar-refractivity contribution in [3.63, 3.8) is 0 Å². The van der Waals surface area contributed by atoms with E-state index >= 15 is 0 Å². The number of aliphatic carboxylic acids is 1. The number of Topliss-reactive ketones (excluding diaryl/α,β-unsaturated/α-hetero) is 1. The predicted molar refractivity (Wildman–Crippen MR) is 88.5 cm³/mol. The third-order valence-electron chi connectivity index (χ3n) is 2.03. The van der Waals surface area contributed by atoms with Crippen LogP contribution in [0.15, 0.2) is 0 Å². The Balaban J connectivity index is 0. The smallest absolute Gasteiger partial charge is 0.328 e. The maximum absolute atomic E-state index is 11.1. The number of carboxylic acid groups (broad SMARTS) is 1. The van der Waals surface area contributed by atoms with Crippen molar-refractivity contribution in [1.29, 1.82) is 0 Å². The lowest BCUT2D eigenvalue weighted by Crippen LogP contribution is -2.17. The first-order valence-corrected chi connectivity index (χ1v) is 10.6. The number of carbonyl (C=O) groups is 2. The summed E-state index contributed by atoms with van der Waals surface area (Å²) >= 11 is 0. The molecule has 1 unspecified atom stereocenters. The van der Waals surface area contributed by atoms with Gasteiger partial charge in [0.2, 0.25) is 0 Å². The summed E-state index contributed by atoms with van der Waals surface area (Å²) < 4.78 is 42.1. The highest BCUT2D eigenvalue weighted by Gasteiger charge is 2.21. The Bertz CT molecular complexity index is 540. The van der Waals surface area contributed by atoms with Crippen LogP contribution in [0, 0.1) is 0 Å². The van der Waals surface area contributed by atoms with Gasteiger partial charge in [-0.25, -0.2) is 0 Å². The van der Waals surface area contributed by atoms with Gasteiger partial charge in [-0.05, 0) is 34.6 Å². The second-order valence-electron chi connectivity index (χ2n) is 5.52. The van der Waals surface area contributed by atoms with Gasteiger partial charge in [0.05, 0.1) is 30.5 Å². The zero-order valence-corrected chi connectivity index (χ0v) is 16.3. The summed E-state index contributed by atoms with van der Waals surface area (Å²) in [5.74, 6) is -1.72. The number of carboxylic acids is 1. The van der Waals surface area contributed by atoms with Gasteiger partial charge in [0.1, 0.15) is 5.78 Å². The van der Waals surface area contributed by atoms with Crippen LogP contribution in [0.3, 0.4) is 0 Å². The lowest BCUT2D eigenvalue weighted by atomic mass is 10.4. The second kappa shape index (κ2) is 11.7. The SMILES string of the molecule is CC(=O)CCP(=O)(O)OC(C)C.CC(C)OS(=O)(=O)CCC(=O)O. The van der Waals surface area contributed by atoms with Crippen molar-refractivity contribution in [3.8, 4) is 0 Å². The number of rotatable bonds is 10. The molecule has 11 heteroatoms. The number of ketones is 1. The summed E-state index contributed by atoms with van der Waals surface area (Å²) in [6, 6.07) is 0. The molecule has 0 heterocycles. The average molecular weight is 390 g/mol. The summed E-state index contributed by atoms with van der Waals surface area (Å²) in [5, 5.41) is 8.19. The van der Waals surface area contributed by atoms with E-state index in [1.807, 2.05) is 0 Å². The molecule has 2 N–H and O–H groups in total. The quantitative estimate of drug-likeness (QED) is 0.421. The van der Waals surface area contributed by atoms with Gasteiger partial charge in [0, 0.05) is 6.42 Å². The maximum atomic E-state index is 11.1. The van der Waals surface area contributed by atoms with Gasteiger partial charge >= 0.3 is 13.6 Å². The van der Waals surface area contributed by atoms with E-state index in [4.69, 9.17) is 14.5 Å². The third-order valence-corrected chi connectivity index (χ3v) is 4.95. The van der Waals surface area contributed by atoms with Crippen LogP contribution in [0.25, 0.3) is 0 Å². The summed E-state index contributed by atoms with van der Waals surface area (Å²) in [5.41, 5.74) is 0. The molecule has 0 aromatic rings. The first-order valence-electron chi connectivity index (χ1n) is 7.29. The fourth-order valence-electron chi connectivity index (χ4n) is 1.23. The van der Waals surface area contributed by atoms with Crippen LogP contribution in [-0.2, 0) is 33.0 Å². The molecule has 0 aromatic heterocycles. The molecule has 0 aliphatic carbocycles. The van der Waals surface area contributed by atoms with Crippen molar-refractivity contribution in [2.75, 3.05) is 11.9 Å². The second-order valence-corrected chi connectivity index (χ2v) is 9.17. The molecule has 0 spiro atoms. The van der Waals surface area contributed by atoms with Crippen LogP contribution in [0.4, 0.5) is 0 Å². The van der Waals surface area contributed by atoms with Gasteiger partial charge in [-0.2, -0.15) is 8.42 Å². The molecular formula is C13H27O9PS. The Kier molecular flexibility index (Phi) is 12.4. The van der Waals surface area contributed by atoms with E-state index in [0.717, 1.165) is 0 Å². The zero-order chi connectivity index (χ0) is 19.6. The van der Waals surface area contributed by atoms with E-state index < -0.39 is 42.0 Å². The van der Waals surface area contributed by atoms with Gasteiger partial charge in [-0.3, -0.25) is 13.5 Å². The van der Waals surface area contributed by atoms with Crippen molar-refractivity contribution < 1.29 is 41.3 Å². The Morgan fingerprint density at radius 3 is 1.92 bits per heavy atom. The predicted octanol–water partition coefficient (Wildman–Crippen LogP) is 1.79. The lowest BCUT2D eigenvalue weighted by molar-refractivity contribution is -0.136. The van der Waals surface area contributed by atoms with E-state index in [1.165, 1.54) is 6.92 Å². The maximum Gasteiger partial charge on any atom is 0.328 e. The minimum absolute atomic E-state index is 0.0828. The first kappa shape index (κ1) is 25.4. The van der Waals surface area contributed by atoms with Crippen molar-refractivity contribution in [1.82, 2.24) is 0 Å². The zero-order valence-electron chi connectivity index (χ0n) is 14.6. The van der Waals surface area contributed by atoms with Gasteiger partial charge in [0.15, 0.2) is 0 Å². The molecule has 1 atom stereocenters. The topological polar surface area (TPSA) is 144 Å². The molecule has 24 heavy (non-hydrogen) atoms. The minimum atomic E-state index is -3.66. The summed E-state index contributed by atoms with van der Waals surface area (Å²) in [4.78, 5) is 29.6. The van der Waals surface area contributed by atoms with Crippen LogP contribution >= 0.6 is 7.60 Å². The number of hydrogen-bond acceptors (Lipinski definition) is 7. The molecule has 0 aliphatic rings. The molecule has 0 rings (SSSR count). The number of carbonyl (C=O) groups excluding carboxylic acids is 1. The third kappa shape index (κ3) is 19.2. The van der Waals surface area contributed by atoms with Crippen molar-refractivity contribution in [3.05, 3.63) is 0 Å². The monoisotopic (exact) mass is 390 g/mol. The Labute approximate surface area is 143 Å². The molecule has 0 saturated carbocycles. The van der Waals surface area contributed by atoms with Gasteiger partial charge < -0.3 is 19.3 Å². The van der Waals surface area contributed by atoms with Crippen molar-refractivity contribution in [2.24, 2.45) is 0 Å². The summed E-state index contributed by atoms with van der Waals surface area (Å²) in [7, 11) is -7.18. The summed E-state index contributed by atoms with van der Waals surface area (Å²) in [6.07, 6.45) is -1.13. The van der Waals surface area contributed by atoms with Crippen molar-refractivity contribution >= 4 is 29.5 Å². The fraction of sp³-hybridized carbons (Fsp3) is 0.846. The highest BCUT2D eigenvalue weighted by atomic mass is 32.2. The van der Waals surface area contributed by atoms with Gasteiger partial charge in [-0.15, -0.1) is 0 Å². The Hall–Kier alpha value is -0.800. The fourth-order valence-corrected chi connectivity index (χ4v) is 3.70. The molecule has 0 aromatic carbocycles. The molecule has 0 fully saturated rings. The van der Waals surface area contributed by atoms with Gasteiger partial charge in [-0.1, -0.05) is 0 Å². The van der Waals surface area contributed by atoms with E-state index in [9.17, 15) is 22.6 Å². The number of hydrogen-bond donors (Lipinski definition) is 2. The molecular weight excluding hydrogens is 363 g/mol. The van der Waals surface area contributed by atoms with E-state index in [2.05, 4.69) is 4.18 Å². The molecule has 144 valence electrons. The van der Waals surface area contributed by atoms with Gasteiger partial charge in [0.25, 0.3) is 10.1 Å². The lowest BCUT2D eigenvalue weighted by Gasteiger charge is -2.13. The van der Waals surface area contributed by atoms with Crippen LogP contribution in [0.5, 0.6) is 0 Å². The van der Waals surface area contributed by atoms with Crippen LogP contribution in [0.1, 0.15) is 47.5 Å². The van der Waals surface area contributed by atoms with E-state index in [0.29, 0.717) is 0 Å². The largest absolute Gasteiger partial charge is 0.481 e. The van der Waals surface area contributed by atoms with Crippen molar-refractivity contribution in [2.45, 2.75) is 59.7 Å². The molecule has 0 amide bonds. The Morgan fingerprint density at radius 2 is 1.58 bits per heavy atom. The molecule has 0 aliphatic heterocycles. The molecule has 0 bridgehead atoms. The standard InChI is InChI=1S/C7H15O4P.C6H12O5S/c1-6(2)11-12(9,10)5-4-7(3)8;1-5(2)11-12(9,10)4-3-6(7)8/h6H,4-5H2,1-3H3,(H,9,10);5H,3-4H2,1-2H3,(H,7,8). The average Bonchev–Trinajstić information content (AvgIpc) is 2.32. The Morgan fingerprint density at radius 1 is 1.08 bits per heavy atom. The van der Waals surface area contributed by atoms with E-state index in [-0.39, 0.29) is 24.5 Å². The molecule has 0 radical (unpaired) electrons. The highest BCUT2D eigenvalue weighted by Crippen LogP contribution is 2.43. The highest BCUT2D eigenvalue weighted by molar-refractivity contribution is 7.86. The normalized spacial score (nSPS) is 14.0. The van der Waals surface area contributed by atoms with Crippen LogP contribution in [0.2, 0.25) is 0 Å². The minimum Gasteiger partial charge on any atom is -0.481 e. The summed E-state index contributed by atoms with van der Waals surface area (Å²) in [6.45, 7) is 7.87. The van der Waals surface area contributed by atoms with Crippen LogP contribution < -0.4 is 0 Å². The molecule has 0 saturated heterocycles. The first-order chi connectivity index (χ1) is 10.7.